The fraction of sp³-hybridized carbons (Fsp3) is 0.188. The van der Waals surface area contributed by atoms with Gasteiger partial charge in [-0.3, -0.25) is 0 Å². The summed E-state index contributed by atoms with van der Waals surface area (Å²) in [6.07, 6.45) is 6.96. The van der Waals surface area contributed by atoms with Gasteiger partial charge in [0.15, 0.2) is 0 Å². The second-order valence-electron chi connectivity index (χ2n) is 5.04. The minimum atomic E-state index is 0.452. The van der Waals surface area contributed by atoms with E-state index in [4.69, 9.17) is 11.6 Å². The van der Waals surface area contributed by atoms with Gasteiger partial charge < -0.3 is 14.6 Å². The van der Waals surface area contributed by atoms with E-state index in [2.05, 4.69) is 26.3 Å². The Balaban J connectivity index is 1.98. The molecule has 0 spiro atoms. The van der Waals surface area contributed by atoms with Gasteiger partial charge >= 0.3 is 0 Å². The zero-order valence-electron chi connectivity index (χ0n) is 13.2. The summed E-state index contributed by atoms with van der Waals surface area (Å²) < 4.78 is 1.99. The van der Waals surface area contributed by atoms with Crippen LogP contribution < -0.4 is 9.62 Å². The first-order chi connectivity index (χ1) is 11.7. The van der Waals surface area contributed by atoms with Crippen molar-refractivity contribution in [1.82, 2.24) is 15.0 Å². The second kappa shape index (κ2) is 6.99. The van der Waals surface area contributed by atoms with Crippen molar-refractivity contribution in [2.24, 2.45) is 0 Å². The van der Waals surface area contributed by atoms with Crippen LogP contribution in [0.5, 0.6) is 0 Å². The molecule has 122 valence electrons. The molecule has 8 heteroatoms. The third kappa shape index (κ3) is 2.98. The Hall–Kier alpha value is -2.43. The number of nitriles is 1. The number of hydrogen-bond donors (Lipinski definition) is 2. The maximum Gasteiger partial charge on any atom is 0.143 e. The summed E-state index contributed by atoms with van der Waals surface area (Å²) in [6, 6.07) is 6.06. The molecule has 24 heavy (non-hydrogen) atoms. The van der Waals surface area contributed by atoms with Gasteiger partial charge in [-0.2, -0.15) is 5.26 Å². The van der Waals surface area contributed by atoms with Crippen molar-refractivity contribution in [2.45, 2.75) is 6.54 Å². The lowest BCUT2D eigenvalue weighted by atomic mass is 10.1. The number of H-pyrrole nitrogens is 1. The summed E-state index contributed by atoms with van der Waals surface area (Å²) >= 11 is 7.83. The molecule has 0 fully saturated rings. The predicted molar refractivity (Wildman–Crippen MR) is 99.3 cm³/mol. The van der Waals surface area contributed by atoms with Crippen LogP contribution in [-0.4, -0.2) is 28.3 Å². The Morgan fingerprint density at radius 2 is 2.29 bits per heavy atom. The summed E-state index contributed by atoms with van der Waals surface area (Å²) in [6.45, 7) is 0.517. The number of anilines is 2. The highest BCUT2D eigenvalue weighted by Crippen LogP contribution is 2.32. The van der Waals surface area contributed by atoms with Gasteiger partial charge in [0.2, 0.25) is 0 Å². The SMILES string of the molecule is CSN(C)c1ncccc1CNc1c(C#N)cnc2[nH]cc(Cl)c12. The second-order valence-corrected chi connectivity index (χ2v) is 6.36. The summed E-state index contributed by atoms with van der Waals surface area (Å²) in [7, 11) is 1.96. The minimum Gasteiger partial charge on any atom is -0.379 e. The molecule has 0 aliphatic carbocycles. The van der Waals surface area contributed by atoms with Crippen molar-refractivity contribution in [3.63, 3.8) is 0 Å². The Bertz CT molecular complexity index is 917. The van der Waals surface area contributed by atoms with Crippen molar-refractivity contribution in [2.75, 3.05) is 22.9 Å². The summed E-state index contributed by atoms with van der Waals surface area (Å²) in [5.41, 5.74) is 2.80. The van der Waals surface area contributed by atoms with Crippen molar-refractivity contribution in [3.05, 3.63) is 46.9 Å². The van der Waals surface area contributed by atoms with E-state index in [1.807, 2.05) is 29.7 Å². The van der Waals surface area contributed by atoms with E-state index in [0.29, 0.717) is 28.5 Å². The molecule has 0 aliphatic heterocycles. The van der Waals surface area contributed by atoms with Crippen LogP contribution in [0, 0.1) is 11.3 Å². The lowest BCUT2D eigenvalue weighted by Gasteiger charge is -2.18. The fourth-order valence-corrected chi connectivity index (χ4v) is 3.02. The molecule has 3 rings (SSSR count). The molecule has 0 unspecified atom stereocenters. The van der Waals surface area contributed by atoms with Gasteiger partial charge in [-0.25, -0.2) is 9.97 Å². The normalized spacial score (nSPS) is 10.6. The van der Waals surface area contributed by atoms with E-state index >= 15 is 0 Å². The van der Waals surface area contributed by atoms with Gasteiger partial charge in [0.25, 0.3) is 0 Å². The highest BCUT2D eigenvalue weighted by Gasteiger charge is 2.14. The van der Waals surface area contributed by atoms with Crippen molar-refractivity contribution >= 4 is 46.1 Å². The highest BCUT2D eigenvalue weighted by molar-refractivity contribution is 7.99. The number of fused-ring (bicyclic) bond motifs is 1. The van der Waals surface area contributed by atoms with E-state index in [1.165, 1.54) is 6.20 Å². The Morgan fingerprint density at radius 1 is 1.46 bits per heavy atom. The lowest BCUT2D eigenvalue weighted by Crippen LogP contribution is -2.12. The standard InChI is InChI=1S/C16H15ClN6S/c1-23(24-2)16-10(4-3-5-19-16)7-20-14-11(6-18)8-21-15-13(14)12(17)9-22-15/h3-5,8-9H,7H2,1-2H3,(H2,20,21,22). The topological polar surface area (TPSA) is 80.6 Å². The first-order valence-electron chi connectivity index (χ1n) is 7.17. The van der Waals surface area contributed by atoms with Crippen molar-refractivity contribution in [1.29, 1.82) is 5.26 Å². The molecular weight excluding hydrogens is 344 g/mol. The molecule has 3 heterocycles. The van der Waals surface area contributed by atoms with Gasteiger partial charge in [0.1, 0.15) is 17.5 Å². The van der Waals surface area contributed by atoms with Gasteiger partial charge in [0, 0.05) is 44.0 Å². The number of halogens is 1. The smallest absolute Gasteiger partial charge is 0.143 e. The van der Waals surface area contributed by atoms with Crippen LogP contribution in [0.2, 0.25) is 5.02 Å². The summed E-state index contributed by atoms with van der Waals surface area (Å²) in [4.78, 5) is 11.7. The average molecular weight is 359 g/mol. The van der Waals surface area contributed by atoms with Crippen LogP contribution in [0.1, 0.15) is 11.1 Å². The van der Waals surface area contributed by atoms with Gasteiger partial charge in [-0.15, -0.1) is 0 Å². The van der Waals surface area contributed by atoms with E-state index < -0.39 is 0 Å². The van der Waals surface area contributed by atoms with Crippen LogP contribution in [0.4, 0.5) is 11.5 Å². The van der Waals surface area contributed by atoms with Crippen LogP contribution in [0.25, 0.3) is 11.0 Å². The van der Waals surface area contributed by atoms with E-state index in [9.17, 15) is 5.26 Å². The molecule has 0 saturated carbocycles. The van der Waals surface area contributed by atoms with Crippen LogP contribution in [-0.2, 0) is 6.54 Å². The number of aromatic nitrogens is 3. The molecule has 0 bridgehead atoms. The van der Waals surface area contributed by atoms with Crippen molar-refractivity contribution < 1.29 is 0 Å². The van der Waals surface area contributed by atoms with E-state index in [-0.39, 0.29) is 0 Å². The van der Waals surface area contributed by atoms with Crippen LogP contribution in [0.15, 0.2) is 30.7 Å². The molecular formula is C16H15ClN6S. The van der Waals surface area contributed by atoms with Crippen molar-refractivity contribution in [3.8, 4) is 6.07 Å². The lowest BCUT2D eigenvalue weighted by molar-refractivity contribution is 1.08. The third-order valence-corrected chi connectivity index (χ3v) is 4.69. The molecule has 0 saturated heterocycles. The number of aromatic amines is 1. The Kier molecular flexibility index (Phi) is 4.79. The largest absolute Gasteiger partial charge is 0.379 e. The van der Waals surface area contributed by atoms with Crippen LogP contribution in [0.3, 0.4) is 0 Å². The molecule has 0 aliphatic rings. The Morgan fingerprint density at radius 3 is 3.04 bits per heavy atom. The highest BCUT2D eigenvalue weighted by atomic mass is 35.5. The zero-order valence-corrected chi connectivity index (χ0v) is 14.7. The molecule has 3 aromatic rings. The summed E-state index contributed by atoms with van der Waals surface area (Å²) in [5, 5.41) is 14.0. The van der Waals surface area contributed by atoms with Gasteiger partial charge in [-0.05, 0) is 6.07 Å². The quantitative estimate of drug-likeness (QED) is 0.675. The molecule has 0 amide bonds. The molecule has 0 radical (unpaired) electrons. The number of hydrogen-bond acceptors (Lipinski definition) is 6. The number of nitrogens with zero attached hydrogens (tertiary/aromatic N) is 4. The van der Waals surface area contributed by atoms with E-state index in [0.717, 1.165) is 16.8 Å². The fourth-order valence-electron chi connectivity index (χ4n) is 2.45. The molecule has 0 atom stereocenters. The van der Waals surface area contributed by atoms with Gasteiger partial charge in [0.05, 0.1) is 21.7 Å². The minimum absolute atomic E-state index is 0.452. The zero-order chi connectivity index (χ0) is 17.1. The number of rotatable bonds is 5. The third-order valence-electron chi connectivity index (χ3n) is 3.67. The van der Waals surface area contributed by atoms with Gasteiger partial charge in [-0.1, -0.05) is 29.6 Å². The van der Waals surface area contributed by atoms with Crippen LogP contribution >= 0.6 is 23.5 Å². The van der Waals surface area contributed by atoms with E-state index in [1.54, 1.807) is 24.3 Å². The number of pyridine rings is 2. The monoisotopic (exact) mass is 358 g/mol. The Labute approximate surface area is 149 Å². The first kappa shape index (κ1) is 16.4. The molecule has 6 nitrogen and oxygen atoms in total. The first-order valence-corrected chi connectivity index (χ1v) is 8.73. The molecule has 0 aromatic carbocycles. The number of nitrogens with one attached hydrogen (secondary N) is 2. The average Bonchev–Trinajstić information content (AvgIpc) is 3.00. The maximum absolute atomic E-state index is 9.38. The summed E-state index contributed by atoms with van der Waals surface area (Å²) in [5.74, 6) is 0.876. The predicted octanol–water partition coefficient (Wildman–Crippen LogP) is 3.81. The maximum atomic E-state index is 9.38. The molecule has 3 aromatic heterocycles. The molecule has 2 N–H and O–H groups in total.